The average Bonchev–Trinajstić information content (AvgIpc) is 2.64. The Balaban J connectivity index is 1.74. The van der Waals surface area contributed by atoms with Crippen LogP contribution in [0.4, 0.5) is 0 Å². The molecule has 1 unspecified atom stereocenters. The molecule has 0 aromatic heterocycles. The van der Waals surface area contributed by atoms with Gasteiger partial charge in [0.15, 0.2) is 0 Å². The second-order valence-corrected chi connectivity index (χ2v) is 8.38. The Morgan fingerprint density at radius 2 is 1.89 bits per heavy atom. The molecule has 0 radical (unpaired) electrons. The molecule has 1 N–H and O–H groups in total. The number of hydrogen-bond donors (Lipinski definition) is 1. The molecule has 0 bridgehead atoms. The fraction of sp³-hybridized carbons (Fsp3) is 0.458. The minimum absolute atomic E-state index is 0.213. The summed E-state index contributed by atoms with van der Waals surface area (Å²) in [5.74, 6) is -0.426. The van der Waals surface area contributed by atoms with Crippen LogP contribution in [0.5, 0.6) is 0 Å². The highest BCUT2D eigenvalue weighted by Gasteiger charge is 2.36. The molecular formula is C24H30ClNO2. The number of aliphatic carboxylic acids is 1. The van der Waals surface area contributed by atoms with Crippen molar-refractivity contribution in [2.24, 2.45) is 5.92 Å². The molecule has 2 aromatic rings. The molecule has 0 amide bonds. The van der Waals surface area contributed by atoms with E-state index in [-0.39, 0.29) is 5.92 Å². The highest BCUT2D eigenvalue weighted by Crippen LogP contribution is 2.33. The number of hydrogen-bond acceptors (Lipinski definition) is 2. The van der Waals surface area contributed by atoms with Crippen LogP contribution in [0.1, 0.15) is 60.9 Å². The van der Waals surface area contributed by atoms with Crippen LogP contribution in [0.15, 0.2) is 42.5 Å². The van der Waals surface area contributed by atoms with Crippen LogP contribution in [0.2, 0.25) is 5.02 Å². The number of carboxylic acids is 1. The molecule has 150 valence electrons. The zero-order valence-electron chi connectivity index (χ0n) is 17.0. The molecule has 1 aliphatic rings. The first-order chi connectivity index (χ1) is 13.4. The van der Waals surface area contributed by atoms with Gasteiger partial charge in [0.2, 0.25) is 0 Å². The number of halogens is 1. The van der Waals surface area contributed by atoms with E-state index >= 15 is 0 Å². The van der Waals surface area contributed by atoms with Gasteiger partial charge in [-0.15, -0.1) is 0 Å². The third kappa shape index (κ3) is 4.59. The summed E-state index contributed by atoms with van der Waals surface area (Å²) in [7, 11) is 0. The molecule has 0 saturated carbocycles. The van der Waals surface area contributed by atoms with Crippen LogP contribution < -0.4 is 0 Å². The first-order valence-corrected chi connectivity index (χ1v) is 10.6. The van der Waals surface area contributed by atoms with E-state index in [0.29, 0.717) is 25.0 Å². The molecular weight excluding hydrogens is 370 g/mol. The maximum absolute atomic E-state index is 11.1. The number of aryl methyl sites for hydroxylation is 1. The van der Waals surface area contributed by atoms with Crippen molar-refractivity contribution < 1.29 is 9.90 Å². The fourth-order valence-corrected chi connectivity index (χ4v) is 4.38. The summed E-state index contributed by atoms with van der Waals surface area (Å²) in [6.45, 7) is 7.78. The minimum Gasteiger partial charge on any atom is -0.481 e. The normalized spacial score (nSPS) is 17.1. The first-order valence-electron chi connectivity index (χ1n) is 10.2. The van der Waals surface area contributed by atoms with Crippen molar-refractivity contribution in [3.63, 3.8) is 0 Å². The van der Waals surface area contributed by atoms with Gasteiger partial charge in [-0.1, -0.05) is 61.8 Å². The quantitative estimate of drug-likeness (QED) is 0.605. The third-order valence-electron chi connectivity index (χ3n) is 6.05. The van der Waals surface area contributed by atoms with Gasteiger partial charge in [-0.2, -0.15) is 0 Å². The van der Waals surface area contributed by atoms with E-state index in [0.717, 1.165) is 29.8 Å². The summed E-state index contributed by atoms with van der Waals surface area (Å²) >= 11 is 6.20. The average molecular weight is 400 g/mol. The van der Waals surface area contributed by atoms with Crippen molar-refractivity contribution >= 4 is 17.6 Å². The number of rotatable bonds is 8. The van der Waals surface area contributed by atoms with E-state index in [2.05, 4.69) is 62.1 Å². The maximum atomic E-state index is 11.1. The van der Waals surface area contributed by atoms with Gasteiger partial charge >= 0.3 is 5.97 Å². The van der Waals surface area contributed by atoms with E-state index in [1.165, 1.54) is 16.7 Å². The Bertz CT molecular complexity index is 829. The Morgan fingerprint density at radius 1 is 1.14 bits per heavy atom. The summed E-state index contributed by atoms with van der Waals surface area (Å²) in [5.41, 5.74) is 5.11. The van der Waals surface area contributed by atoms with Gasteiger partial charge in [-0.05, 0) is 60.4 Å². The van der Waals surface area contributed by atoms with E-state index in [1.54, 1.807) is 0 Å². The molecule has 1 fully saturated rings. The summed E-state index contributed by atoms with van der Waals surface area (Å²) in [6, 6.07) is 15.5. The molecule has 2 atom stereocenters. The second kappa shape index (κ2) is 9.11. The van der Waals surface area contributed by atoms with Gasteiger partial charge in [0.1, 0.15) is 0 Å². The van der Waals surface area contributed by atoms with Gasteiger partial charge < -0.3 is 5.11 Å². The number of carboxylic acid groups (broad SMARTS) is 1. The zero-order chi connectivity index (χ0) is 20.3. The van der Waals surface area contributed by atoms with Crippen LogP contribution in [-0.4, -0.2) is 29.1 Å². The summed E-state index contributed by atoms with van der Waals surface area (Å²) in [6.07, 6.45) is 3.07. The maximum Gasteiger partial charge on any atom is 0.309 e. The largest absolute Gasteiger partial charge is 0.481 e. The lowest BCUT2D eigenvalue weighted by Gasteiger charge is -2.42. The molecule has 28 heavy (non-hydrogen) atoms. The van der Waals surface area contributed by atoms with Gasteiger partial charge in [0.05, 0.1) is 5.92 Å². The van der Waals surface area contributed by atoms with Crippen LogP contribution in [0.25, 0.3) is 0 Å². The topological polar surface area (TPSA) is 40.5 Å². The van der Waals surface area contributed by atoms with Crippen LogP contribution in [-0.2, 0) is 11.2 Å². The zero-order valence-corrected chi connectivity index (χ0v) is 17.7. The van der Waals surface area contributed by atoms with Crippen molar-refractivity contribution in [2.45, 2.75) is 52.0 Å². The number of nitrogens with zero attached hydrogens (tertiary/aromatic N) is 1. The molecule has 2 aromatic carbocycles. The SMILES string of the molecule is CCC(c1cccc(C[C@H](CC)c2ccc(Cl)c(C)c2)c1)N1CC(C(=O)O)C1. The van der Waals surface area contributed by atoms with Gasteiger partial charge in [-0.3, -0.25) is 9.69 Å². The van der Waals surface area contributed by atoms with Gasteiger partial charge in [-0.25, -0.2) is 0 Å². The number of benzene rings is 2. The summed E-state index contributed by atoms with van der Waals surface area (Å²) < 4.78 is 0. The number of likely N-dealkylation sites (tertiary alicyclic amines) is 1. The second-order valence-electron chi connectivity index (χ2n) is 7.98. The van der Waals surface area contributed by atoms with E-state index in [1.807, 2.05) is 6.07 Å². The molecule has 3 rings (SSSR count). The Hall–Kier alpha value is -1.84. The Morgan fingerprint density at radius 3 is 2.50 bits per heavy atom. The third-order valence-corrected chi connectivity index (χ3v) is 6.47. The van der Waals surface area contributed by atoms with Gasteiger partial charge in [0.25, 0.3) is 0 Å². The summed E-state index contributed by atoms with van der Waals surface area (Å²) in [4.78, 5) is 13.4. The first kappa shape index (κ1) is 20.9. The summed E-state index contributed by atoms with van der Waals surface area (Å²) in [5, 5.41) is 9.98. The molecule has 0 aliphatic carbocycles. The lowest BCUT2D eigenvalue weighted by Crippen LogP contribution is -2.51. The van der Waals surface area contributed by atoms with Crippen molar-refractivity contribution in [3.8, 4) is 0 Å². The predicted octanol–water partition coefficient (Wildman–Crippen LogP) is 5.85. The molecule has 0 spiro atoms. The smallest absolute Gasteiger partial charge is 0.309 e. The molecule has 1 aliphatic heterocycles. The number of carbonyl (C=O) groups is 1. The van der Waals surface area contributed by atoms with Crippen LogP contribution in [0, 0.1) is 12.8 Å². The van der Waals surface area contributed by atoms with Crippen molar-refractivity contribution in [1.82, 2.24) is 4.90 Å². The van der Waals surface area contributed by atoms with E-state index < -0.39 is 5.97 Å². The van der Waals surface area contributed by atoms with Crippen molar-refractivity contribution in [3.05, 3.63) is 69.7 Å². The molecule has 4 heteroatoms. The molecule has 1 heterocycles. The lowest BCUT2D eigenvalue weighted by molar-refractivity contribution is -0.148. The van der Waals surface area contributed by atoms with Crippen molar-refractivity contribution in [1.29, 1.82) is 0 Å². The standard InChI is InChI=1S/C24H30ClNO2/c1-4-18(19-9-10-22(25)16(3)11-19)12-17-7-6-8-20(13-17)23(5-2)26-14-21(15-26)24(27)28/h6-11,13,18,21,23H,4-5,12,14-15H2,1-3H3,(H,27,28)/t18-,23?/m0/s1. The molecule has 3 nitrogen and oxygen atoms in total. The van der Waals surface area contributed by atoms with Crippen molar-refractivity contribution in [2.75, 3.05) is 13.1 Å². The fourth-order valence-electron chi connectivity index (χ4n) is 4.26. The monoisotopic (exact) mass is 399 g/mol. The minimum atomic E-state index is -0.677. The predicted molar refractivity (Wildman–Crippen MR) is 115 cm³/mol. The highest BCUT2D eigenvalue weighted by molar-refractivity contribution is 6.31. The Kier molecular flexibility index (Phi) is 6.79. The van der Waals surface area contributed by atoms with E-state index in [9.17, 15) is 4.79 Å². The Labute approximate surface area is 173 Å². The van der Waals surface area contributed by atoms with E-state index in [4.69, 9.17) is 16.7 Å². The molecule has 1 saturated heterocycles. The van der Waals surface area contributed by atoms with Gasteiger partial charge in [0, 0.05) is 24.2 Å². The lowest BCUT2D eigenvalue weighted by atomic mass is 9.87. The highest BCUT2D eigenvalue weighted by atomic mass is 35.5. The van der Waals surface area contributed by atoms with Crippen LogP contribution >= 0.6 is 11.6 Å². The van der Waals surface area contributed by atoms with Crippen LogP contribution in [0.3, 0.4) is 0 Å².